The first-order valence-corrected chi connectivity index (χ1v) is 6.87. The molecule has 6 nitrogen and oxygen atoms in total. The molecule has 1 aromatic carbocycles. The van der Waals surface area contributed by atoms with Crippen LogP contribution in [0.1, 0.15) is 5.56 Å². The second-order valence-electron chi connectivity index (χ2n) is 5.19. The van der Waals surface area contributed by atoms with Gasteiger partial charge in [-0.1, -0.05) is 17.7 Å². The number of hydrogen-bond acceptors (Lipinski definition) is 4. The Kier molecular flexibility index (Phi) is 4.93. The van der Waals surface area contributed by atoms with Crippen LogP contribution in [0.3, 0.4) is 0 Å². The van der Waals surface area contributed by atoms with Crippen molar-refractivity contribution in [1.29, 1.82) is 0 Å². The number of amides is 1. The van der Waals surface area contributed by atoms with E-state index in [9.17, 15) is 9.59 Å². The van der Waals surface area contributed by atoms with E-state index < -0.39 is 5.97 Å². The number of ether oxygens (including phenoxy) is 1. The van der Waals surface area contributed by atoms with Crippen LogP contribution in [0.4, 0.5) is 5.69 Å². The molecule has 114 valence electrons. The fourth-order valence-corrected chi connectivity index (χ4v) is 2.44. The Balaban J connectivity index is 2.24. The van der Waals surface area contributed by atoms with Gasteiger partial charge in [0.2, 0.25) is 5.91 Å². The molecule has 2 unspecified atom stereocenters. The number of aryl methyl sites for hydroxylation is 1. The second kappa shape index (κ2) is 6.69. The molecule has 0 aliphatic carbocycles. The van der Waals surface area contributed by atoms with Gasteiger partial charge in [-0.2, -0.15) is 0 Å². The van der Waals surface area contributed by atoms with E-state index in [1.165, 1.54) is 4.90 Å². The maximum atomic E-state index is 12.7. The molecule has 0 saturated carbocycles. The van der Waals surface area contributed by atoms with Gasteiger partial charge in [0.05, 0.1) is 19.1 Å². The number of aliphatic carboxylic acids is 1. The van der Waals surface area contributed by atoms with Crippen molar-refractivity contribution in [3.63, 3.8) is 0 Å². The predicted molar refractivity (Wildman–Crippen MR) is 78.3 cm³/mol. The molecule has 21 heavy (non-hydrogen) atoms. The molecule has 1 aliphatic heterocycles. The van der Waals surface area contributed by atoms with Crippen molar-refractivity contribution in [1.82, 2.24) is 5.32 Å². The summed E-state index contributed by atoms with van der Waals surface area (Å²) in [7, 11) is 1.77. The average molecular weight is 292 g/mol. The van der Waals surface area contributed by atoms with E-state index in [0.717, 1.165) is 5.56 Å². The molecule has 2 rings (SSSR count). The monoisotopic (exact) mass is 292 g/mol. The summed E-state index contributed by atoms with van der Waals surface area (Å²) in [6.07, 6.45) is 0. The number of nitrogens with zero attached hydrogens (tertiary/aromatic N) is 1. The van der Waals surface area contributed by atoms with Crippen molar-refractivity contribution >= 4 is 17.6 Å². The highest BCUT2D eigenvalue weighted by atomic mass is 16.5. The summed E-state index contributed by atoms with van der Waals surface area (Å²) in [5.74, 6) is -1.63. The maximum absolute atomic E-state index is 12.7. The van der Waals surface area contributed by atoms with Crippen molar-refractivity contribution in [3.05, 3.63) is 29.8 Å². The van der Waals surface area contributed by atoms with Gasteiger partial charge in [-0.3, -0.25) is 9.59 Å². The molecule has 0 bridgehead atoms. The molecule has 0 radical (unpaired) electrons. The maximum Gasteiger partial charge on any atom is 0.323 e. The highest BCUT2D eigenvalue weighted by Crippen LogP contribution is 2.22. The van der Waals surface area contributed by atoms with Crippen molar-refractivity contribution in [2.45, 2.75) is 13.0 Å². The standard InChI is InChI=1S/C15H20N2O4/c1-10-3-5-11(6-4-10)17(7-14(18)19)15(20)12-8-21-9-13(12)16-2/h3-6,12-13,16H,7-9H2,1-2H3,(H,18,19). The molecular formula is C15H20N2O4. The highest BCUT2D eigenvalue weighted by Gasteiger charge is 2.36. The minimum Gasteiger partial charge on any atom is -0.480 e. The number of anilines is 1. The quantitative estimate of drug-likeness (QED) is 0.833. The Labute approximate surface area is 123 Å². The minimum atomic E-state index is -1.04. The third-order valence-electron chi connectivity index (χ3n) is 3.67. The van der Waals surface area contributed by atoms with Crippen molar-refractivity contribution in [3.8, 4) is 0 Å². The molecule has 0 aromatic heterocycles. The number of benzene rings is 1. The average Bonchev–Trinajstić information content (AvgIpc) is 2.93. The predicted octanol–water partition coefficient (Wildman–Crippen LogP) is 0.647. The molecule has 2 N–H and O–H groups in total. The number of rotatable bonds is 5. The molecule has 1 heterocycles. The lowest BCUT2D eigenvalue weighted by Gasteiger charge is -2.26. The summed E-state index contributed by atoms with van der Waals surface area (Å²) in [5.41, 5.74) is 1.65. The lowest BCUT2D eigenvalue weighted by molar-refractivity contribution is -0.137. The number of nitrogens with one attached hydrogen (secondary N) is 1. The fourth-order valence-electron chi connectivity index (χ4n) is 2.44. The Morgan fingerprint density at radius 3 is 2.57 bits per heavy atom. The Hall–Kier alpha value is -1.92. The summed E-state index contributed by atoms with van der Waals surface area (Å²) in [6.45, 7) is 2.36. The molecule has 1 aliphatic rings. The zero-order valence-electron chi connectivity index (χ0n) is 12.2. The van der Waals surface area contributed by atoms with E-state index >= 15 is 0 Å². The van der Waals surface area contributed by atoms with E-state index in [4.69, 9.17) is 9.84 Å². The molecule has 0 spiro atoms. The zero-order valence-corrected chi connectivity index (χ0v) is 12.2. The van der Waals surface area contributed by atoms with Gasteiger partial charge in [-0.05, 0) is 26.1 Å². The first-order chi connectivity index (χ1) is 10.0. The van der Waals surface area contributed by atoms with E-state index in [0.29, 0.717) is 18.9 Å². The smallest absolute Gasteiger partial charge is 0.323 e. The molecule has 2 atom stereocenters. The van der Waals surface area contributed by atoms with Crippen LogP contribution in [-0.2, 0) is 14.3 Å². The largest absolute Gasteiger partial charge is 0.480 e. The number of carbonyl (C=O) groups is 2. The lowest BCUT2D eigenvalue weighted by Crippen LogP contribution is -2.46. The number of likely N-dealkylation sites (N-methyl/N-ethyl adjacent to an activating group) is 1. The van der Waals surface area contributed by atoms with Crippen LogP contribution in [0, 0.1) is 12.8 Å². The van der Waals surface area contributed by atoms with Crippen LogP contribution in [0.15, 0.2) is 24.3 Å². The van der Waals surface area contributed by atoms with Gasteiger partial charge in [-0.15, -0.1) is 0 Å². The van der Waals surface area contributed by atoms with E-state index in [1.807, 2.05) is 19.1 Å². The van der Waals surface area contributed by atoms with Gasteiger partial charge in [0.15, 0.2) is 0 Å². The van der Waals surface area contributed by atoms with Crippen LogP contribution in [0.5, 0.6) is 0 Å². The molecule has 6 heteroatoms. The first kappa shape index (κ1) is 15.5. The van der Waals surface area contributed by atoms with Gasteiger partial charge in [0.25, 0.3) is 0 Å². The SMILES string of the molecule is CNC1COCC1C(=O)N(CC(=O)O)c1ccc(C)cc1. The summed E-state index contributed by atoms with van der Waals surface area (Å²) in [5, 5.41) is 12.1. The zero-order chi connectivity index (χ0) is 15.4. The normalized spacial score (nSPS) is 21.2. The van der Waals surface area contributed by atoms with Gasteiger partial charge in [0, 0.05) is 11.7 Å². The fraction of sp³-hybridized carbons (Fsp3) is 0.467. The second-order valence-corrected chi connectivity index (χ2v) is 5.19. The van der Waals surface area contributed by atoms with E-state index in [1.54, 1.807) is 19.2 Å². The van der Waals surface area contributed by atoms with Crippen molar-refractivity contribution < 1.29 is 19.4 Å². The molecule has 1 fully saturated rings. The molecule has 1 aromatic rings. The molecule has 1 amide bonds. The lowest BCUT2D eigenvalue weighted by atomic mass is 10.0. The Bertz CT molecular complexity index is 515. The van der Waals surface area contributed by atoms with Crippen LogP contribution < -0.4 is 10.2 Å². The Morgan fingerprint density at radius 2 is 2.00 bits per heavy atom. The van der Waals surface area contributed by atoms with Gasteiger partial charge in [-0.25, -0.2) is 0 Å². The van der Waals surface area contributed by atoms with Crippen molar-refractivity contribution in [2.75, 3.05) is 31.7 Å². The van der Waals surface area contributed by atoms with E-state index in [2.05, 4.69) is 5.32 Å². The number of carbonyl (C=O) groups excluding carboxylic acids is 1. The van der Waals surface area contributed by atoms with Crippen LogP contribution in [-0.4, -0.2) is 49.8 Å². The third kappa shape index (κ3) is 3.59. The van der Waals surface area contributed by atoms with Gasteiger partial charge in [0.1, 0.15) is 6.54 Å². The van der Waals surface area contributed by atoms with Gasteiger partial charge < -0.3 is 20.1 Å². The van der Waals surface area contributed by atoms with Crippen LogP contribution in [0.2, 0.25) is 0 Å². The topological polar surface area (TPSA) is 78.9 Å². The number of carboxylic acid groups (broad SMARTS) is 1. The van der Waals surface area contributed by atoms with Crippen LogP contribution >= 0.6 is 0 Å². The first-order valence-electron chi connectivity index (χ1n) is 6.87. The summed E-state index contributed by atoms with van der Waals surface area (Å²) < 4.78 is 5.33. The third-order valence-corrected chi connectivity index (χ3v) is 3.67. The van der Waals surface area contributed by atoms with Crippen molar-refractivity contribution in [2.24, 2.45) is 5.92 Å². The summed E-state index contributed by atoms with van der Waals surface area (Å²) in [4.78, 5) is 25.1. The minimum absolute atomic E-state index is 0.0840. The molecular weight excluding hydrogens is 272 g/mol. The Morgan fingerprint density at radius 1 is 1.33 bits per heavy atom. The summed E-state index contributed by atoms with van der Waals surface area (Å²) >= 11 is 0. The highest BCUT2D eigenvalue weighted by molar-refractivity contribution is 5.99. The van der Waals surface area contributed by atoms with E-state index in [-0.39, 0.29) is 24.4 Å². The van der Waals surface area contributed by atoms with Gasteiger partial charge >= 0.3 is 5.97 Å². The van der Waals surface area contributed by atoms with Crippen LogP contribution in [0.25, 0.3) is 0 Å². The molecule has 1 saturated heterocycles. The number of hydrogen-bond donors (Lipinski definition) is 2. The summed E-state index contributed by atoms with van der Waals surface area (Å²) in [6, 6.07) is 7.16. The number of carboxylic acids is 1.